The van der Waals surface area contributed by atoms with E-state index in [1.807, 2.05) is 30.3 Å². The SMILES string of the molecule is CC(C(=O)NC1(CN)CCCC1)n1nnc(-c2ccccc2)n1.Cl. The number of halogens is 1. The predicted molar refractivity (Wildman–Crippen MR) is 93.6 cm³/mol. The van der Waals surface area contributed by atoms with E-state index in [0.29, 0.717) is 12.4 Å². The maximum atomic E-state index is 12.5. The molecular formula is C16H23ClN6O. The molecule has 7 nitrogen and oxygen atoms in total. The molecule has 1 aliphatic rings. The predicted octanol–water partition coefficient (Wildman–Crippen LogP) is 1.71. The Labute approximate surface area is 147 Å². The van der Waals surface area contributed by atoms with Crippen LogP contribution >= 0.6 is 12.4 Å². The van der Waals surface area contributed by atoms with Gasteiger partial charge < -0.3 is 11.1 Å². The van der Waals surface area contributed by atoms with Crippen molar-refractivity contribution in [3.63, 3.8) is 0 Å². The lowest BCUT2D eigenvalue weighted by molar-refractivity contribution is -0.126. The first-order chi connectivity index (χ1) is 11.1. The monoisotopic (exact) mass is 350 g/mol. The molecule has 1 aromatic carbocycles. The fourth-order valence-corrected chi connectivity index (χ4v) is 2.99. The maximum absolute atomic E-state index is 12.5. The summed E-state index contributed by atoms with van der Waals surface area (Å²) in [5.74, 6) is 0.397. The van der Waals surface area contributed by atoms with Crippen LogP contribution in [0.4, 0.5) is 0 Å². The molecule has 1 saturated carbocycles. The van der Waals surface area contributed by atoms with E-state index in [0.717, 1.165) is 31.2 Å². The van der Waals surface area contributed by atoms with E-state index in [4.69, 9.17) is 5.73 Å². The van der Waals surface area contributed by atoms with Gasteiger partial charge in [-0.15, -0.1) is 22.6 Å². The molecule has 8 heteroatoms. The average Bonchev–Trinajstić information content (AvgIpc) is 3.25. The van der Waals surface area contributed by atoms with Crippen molar-refractivity contribution in [3.8, 4) is 11.4 Å². The topological polar surface area (TPSA) is 98.7 Å². The molecule has 1 atom stereocenters. The van der Waals surface area contributed by atoms with Crippen molar-refractivity contribution in [3.05, 3.63) is 30.3 Å². The Hall–Kier alpha value is -1.99. The van der Waals surface area contributed by atoms with E-state index >= 15 is 0 Å². The van der Waals surface area contributed by atoms with Crippen molar-refractivity contribution in [1.29, 1.82) is 0 Å². The molecule has 2 aromatic rings. The van der Waals surface area contributed by atoms with Crippen LogP contribution in [0.3, 0.4) is 0 Å². The summed E-state index contributed by atoms with van der Waals surface area (Å²) >= 11 is 0. The van der Waals surface area contributed by atoms with Gasteiger partial charge >= 0.3 is 0 Å². The van der Waals surface area contributed by atoms with Gasteiger partial charge in [-0.25, -0.2) is 0 Å². The van der Waals surface area contributed by atoms with Gasteiger partial charge in [0, 0.05) is 12.1 Å². The highest BCUT2D eigenvalue weighted by Gasteiger charge is 2.35. The second-order valence-electron chi connectivity index (χ2n) is 6.16. The molecule has 1 aliphatic carbocycles. The minimum absolute atomic E-state index is 0. The Bertz CT molecular complexity index is 668. The fraction of sp³-hybridized carbons (Fsp3) is 0.500. The molecule has 0 bridgehead atoms. The Kier molecular flexibility index (Phi) is 5.90. The van der Waals surface area contributed by atoms with Crippen molar-refractivity contribution in [2.75, 3.05) is 6.54 Å². The number of carbonyl (C=O) groups is 1. The van der Waals surface area contributed by atoms with Crippen LogP contribution in [0.2, 0.25) is 0 Å². The van der Waals surface area contributed by atoms with E-state index in [9.17, 15) is 4.79 Å². The molecule has 1 heterocycles. The Morgan fingerprint density at radius 2 is 2.00 bits per heavy atom. The van der Waals surface area contributed by atoms with Gasteiger partial charge in [0.25, 0.3) is 0 Å². The third kappa shape index (κ3) is 3.73. The summed E-state index contributed by atoms with van der Waals surface area (Å²) < 4.78 is 0. The van der Waals surface area contributed by atoms with Gasteiger partial charge in [0.15, 0.2) is 0 Å². The number of nitrogens with zero attached hydrogens (tertiary/aromatic N) is 4. The zero-order chi connectivity index (χ0) is 16.3. The lowest BCUT2D eigenvalue weighted by atomic mass is 9.97. The first-order valence-corrected chi connectivity index (χ1v) is 8.01. The lowest BCUT2D eigenvalue weighted by Gasteiger charge is -2.29. The van der Waals surface area contributed by atoms with Crippen LogP contribution in [0, 0.1) is 0 Å². The molecule has 130 valence electrons. The van der Waals surface area contributed by atoms with E-state index in [2.05, 4.69) is 20.7 Å². The Morgan fingerprint density at radius 1 is 1.33 bits per heavy atom. The fourth-order valence-electron chi connectivity index (χ4n) is 2.99. The second-order valence-corrected chi connectivity index (χ2v) is 6.16. The zero-order valence-electron chi connectivity index (χ0n) is 13.7. The molecule has 0 radical (unpaired) electrons. The first kappa shape index (κ1) is 18.4. The number of hydrogen-bond donors (Lipinski definition) is 2. The normalized spacial score (nSPS) is 17.1. The quantitative estimate of drug-likeness (QED) is 0.855. The molecule has 1 amide bonds. The van der Waals surface area contributed by atoms with Crippen LogP contribution in [0.15, 0.2) is 30.3 Å². The third-order valence-electron chi connectivity index (χ3n) is 4.53. The van der Waals surface area contributed by atoms with Gasteiger partial charge in [-0.3, -0.25) is 4.79 Å². The van der Waals surface area contributed by atoms with E-state index < -0.39 is 6.04 Å². The molecule has 0 spiro atoms. The molecule has 1 unspecified atom stereocenters. The van der Waals surface area contributed by atoms with Crippen LogP contribution in [0.5, 0.6) is 0 Å². The van der Waals surface area contributed by atoms with Crippen molar-refractivity contribution < 1.29 is 4.79 Å². The van der Waals surface area contributed by atoms with Crippen LogP contribution < -0.4 is 11.1 Å². The smallest absolute Gasteiger partial charge is 0.246 e. The number of carbonyl (C=O) groups excluding carboxylic acids is 1. The van der Waals surface area contributed by atoms with Crippen molar-refractivity contribution in [2.45, 2.75) is 44.2 Å². The molecule has 0 saturated heterocycles. The molecule has 1 aromatic heterocycles. The van der Waals surface area contributed by atoms with Crippen molar-refractivity contribution in [2.24, 2.45) is 5.73 Å². The van der Waals surface area contributed by atoms with Gasteiger partial charge in [-0.2, -0.15) is 4.80 Å². The number of benzene rings is 1. The highest BCUT2D eigenvalue weighted by molar-refractivity contribution is 5.85. The summed E-state index contributed by atoms with van der Waals surface area (Å²) in [5.41, 5.74) is 6.48. The molecule has 3 N–H and O–H groups in total. The third-order valence-corrected chi connectivity index (χ3v) is 4.53. The molecular weight excluding hydrogens is 328 g/mol. The average molecular weight is 351 g/mol. The minimum atomic E-state index is -0.524. The summed E-state index contributed by atoms with van der Waals surface area (Å²) in [6.45, 7) is 2.23. The number of nitrogens with one attached hydrogen (secondary N) is 1. The van der Waals surface area contributed by atoms with Gasteiger partial charge in [-0.1, -0.05) is 43.2 Å². The number of rotatable bonds is 5. The van der Waals surface area contributed by atoms with E-state index in [1.165, 1.54) is 4.80 Å². The summed E-state index contributed by atoms with van der Waals surface area (Å²) in [5, 5.41) is 15.5. The van der Waals surface area contributed by atoms with Gasteiger partial charge in [-0.05, 0) is 25.0 Å². The standard InChI is InChI=1S/C16H22N6O.ClH/c1-12(15(23)18-16(11-17)9-5-6-10-16)22-20-14(19-21-22)13-7-3-2-4-8-13;/h2-4,7-8,12H,5-6,9-11,17H2,1H3,(H,18,23);1H. The highest BCUT2D eigenvalue weighted by Crippen LogP contribution is 2.29. The molecule has 24 heavy (non-hydrogen) atoms. The zero-order valence-corrected chi connectivity index (χ0v) is 14.5. The van der Waals surface area contributed by atoms with Gasteiger partial charge in [0.05, 0.1) is 5.54 Å². The molecule has 0 aliphatic heterocycles. The molecule has 3 rings (SSSR count). The minimum Gasteiger partial charge on any atom is -0.347 e. The lowest BCUT2D eigenvalue weighted by Crippen LogP contribution is -2.53. The first-order valence-electron chi connectivity index (χ1n) is 8.01. The maximum Gasteiger partial charge on any atom is 0.246 e. The number of nitrogens with two attached hydrogens (primary N) is 1. The van der Waals surface area contributed by atoms with Crippen LogP contribution in [-0.2, 0) is 4.79 Å². The van der Waals surface area contributed by atoms with Crippen LogP contribution in [0.25, 0.3) is 11.4 Å². The van der Waals surface area contributed by atoms with Crippen LogP contribution in [-0.4, -0.2) is 38.2 Å². The largest absolute Gasteiger partial charge is 0.347 e. The highest BCUT2D eigenvalue weighted by atomic mass is 35.5. The Balaban J connectivity index is 0.00000208. The summed E-state index contributed by atoms with van der Waals surface area (Å²) in [6, 6.07) is 9.05. The second kappa shape index (κ2) is 7.72. The van der Waals surface area contributed by atoms with Crippen LogP contribution in [0.1, 0.15) is 38.6 Å². The summed E-state index contributed by atoms with van der Waals surface area (Å²) in [6.07, 6.45) is 4.07. The Morgan fingerprint density at radius 3 is 2.62 bits per heavy atom. The number of amides is 1. The van der Waals surface area contributed by atoms with E-state index in [1.54, 1.807) is 6.92 Å². The molecule has 1 fully saturated rings. The van der Waals surface area contributed by atoms with Gasteiger partial charge in [0.1, 0.15) is 6.04 Å². The van der Waals surface area contributed by atoms with Crippen molar-refractivity contribution in [1.82, 2.24) is 25.5 Å². The number of aromatic nitrogens is 4. The van der Waals surface area contributed by atoms with E-state index in [-0.39, 0.29) is 23.9 Å². The van der Waals surface area contributed by atoms with Gasteiger partial charge in [0.2, 0.25) is 11.7 Å². The summed E-state index contributed by atoms with van der Waals surface area (Å²) in [7, 11) is 0. The summed E-state index contributed by atoms with van der Waals surface area (Å²) in [4.78, 5) is 13.9. The van der Waals surface area contributed by atoms with Crippen molar-refractivity contribution >= 4 is 18.3 Å². The number of tetrazole rings is 1. The number of hydrogen-bond acceptors (Lipinski definition) is 5.